The van der Waals surface area contributed by atoms with E-state index in [1.165, 1.54) is 12.8 Å². The number of alkyl halides is 2. The van der Waals surface area contributed by atoms with Crippen LogP contribution in [-0.2, 0) is 16.6 Å². The molecule has 1 aromatic heterocycles. The Morgan fingerprint density at radius 3 is 2.67 bits per heavy atom. The molecule has 0 aromatic carbocycles. The SMILES string of the molecule is Cn1nc(NC(=O)C(=O)NCC(F)F)cc1C1CCCC1. The van der Waals surface area contributed by atoms with Gasteiger partial charge in [0.1, 0.15) is 0 Å². The predicted octanol–water partition coefficient (Wildman–Crippen LogP) is 1.40. The highest BCUT2D eigenvalue weighted by molar-refractivity contribution is 6.39. The van der Waals surface area contributed by atoms with Crippen molar-refractivity contribution in [3.05, 3.63) is 11.8 Å². The smallest absolute Gasteiger partial charge is 0.314 e. The molecule has 1 aromatic rings. The maximum absolute atomic E-state index is 12.0. The molecule has 21 heavy (non-hydrogen) atoms. The Kier molecular flexibility index (Phi) is 4.87. The van der Waals surface area contributed by atoms with E-state index in [0.717, 1.165) is 18.5 Å². The van der Waals surface area contributed by atoms with E-state index in [2.05, 4.69) is 10.4 Å². The summed E-state index contributed by atoms with van der Waals surface area (Å²) in [4.78, 5) is 22.9. The van der Waals surface area contributed by atoms with Crippen LogP contribution >= 0.6 is 0 Å². The minimum atomic E-state index is -2.69. The normalized spacial score (nSPS) is 15.4. The highest BCUT2D eigenvalue weighted by Gasteiger charge is 2.22. The van der Waals surface area contributed by atoms with Gasteiger partial charge in [-0.25, -0.2) is 8.78 Å². The van der Waals surface area contributed by atoms with Crippen molar-refractivity contribution < 1.29 is 18.4 Å². The first kappa shape index (κ1) is 15.4. The molecule has 0 saturated heterocycles. The second-order valence-electron chi connectivity index (χ2n) is 5.11. The van der Waals surface area contributed by atoms with E-state index in [1.54, 1.807) is 17.8 Å². The van der Waals surface area contributed by atoms with Crippen LogP contribution in [0.15, 0.2) is 6.07 Å². The van der Waals surface area contributed by atoms with Gasteiger partial charge in [-0.1, -0.05) is 12.8 Å². The molecule has 116 valence electrons. The van der Waals surface area contributed by atoms with Gasteiger partial charge in [0.15, 0.2) is 5.82 Å². The third-order valence-electron chi connectivity index (χ3n) is 3.55. The van der Waals surface area contributed by atoms with E-state index in [1.807, 2.05) is 5.32 Å². The molecule has 1 fully saturated rings. The zero-order chi connectivity index (χ0) is 15.4. The molecule has 1 aliphatic carbocycles. The van der Waals surface area contributed by atoms with Crippen LogP contribution in [0.3, 0.4) is 0 Å². The predicted molar refractivity (Wildman–Crippen MR) is 72.1 cm³/mol. The zero-order valence-electron chi connectivity index (χ0n) is 11.7. The average molecular weight is 300 g/mol. The minimum absolute atomic E-state index is 0.261. The molecule has 2 amide bonds. The number of hydrogen-bond acceptors (Lipinski definition) is 3. The summed E-state index contributed by atoms with van der Waals surface area (Å²) in [5.74, 6) is -1.41. The van der Waals surface area contributed by atoms with Crippen LogP contribution in [0, 0.1) is 0 Å². The van der Waals surface area contributed by atoms with Crippen molar-refractivity contribution in [2.45, 2.75) is 38.0 Å². The number of carbonyl (C=O) groups excluding carboxylic acids is 2. The van der Waals surface area contributed by atoms with Crippen molar-refractivity contribution in [2.24, 2.45) is 7.05 Å². The summed E-state index contributed by atoms with van der Waals surface area (Å²) in [5, 5.41) is 8.29. The Morgan fingerprint density at radius 2 is 2.05 bits per heavy atom. The van der Waals surface area contributed by atoms with Crippen molar-refractivity contribution in [3.63, 3.8) is 0 Å². The maximum atomic E-state index is 12.0. The summed E-state index contributed by atoms with van der Waals surface area (Å²) < 4.78 is 25.6. The highest BCUT2D eigenvalue weighted by atomic mass is 19.3. The van der Waals surface area contributed by atoms with E-state index in [9.17, 15) is 18.4 Å². The summed E-state index contributed by atoms with van der Waals surface area (Å²) in [5.41, 5.74) is 1.01. The van der Waals surface area contributed by atoms with Crippen molar-refractivity contribution in [1.82, 2.24) is 15.1 Å². The molecule has 0 aliphatic heterocycles. The van der Waals surface area contributed by atoms with E-state index in [-0.39, 0.29) is 5.82 Å². The first-order chi connectivity index (χ1) is 9.97. The van der Waals surface area contributed by atoms with E-state index in [0.29, 0.717) is 5.92 Å². The first-order valence-electron chi connectivity index (χ1n) is 6.88. The van der Waals surface area contributed by atoms with E-state index >= 15 is 0 Å². The monoisotopic (exact) mass is 300 g/mol. The number of rotatable bonds is 4. The second kappa shape index (κ2) is 6.64. The van der Waals surface area contributed by atoms with Crippen molar-refractivity contribution in [1.29, 1.82) is 0 Å². The fourth-order valence-corrected chi connectivity index (χ4v) is 2.57. The van der Waals surface area contributed by atoms with E-state index in [4.69, 9.17) is 0 Å². The first-order valence-corrected chi connectivity index (χ1v) is 6.88. The maximum Gasteiger partial charge on any atom is 0.314 e. The van der Waals surface area contributed by atoms with Crippen LogP contribution in [0.5, 0.6) is 0 Å². The van der Waals surface area contributed by atoms with Crippen LogP contribution in [0.4, 0.5) is 14.6 Å². The Labute approximate surface area is 120 Å². The quantitative estimate of drug-likeness (QED) is 0.825. The van der Waals surface area contributed by atoms with Crippen molar-refractivity contribution >= 4 is 17.6 Å². The molecule has 0 unspecified atom stereocenters. The number of nitrogens with one attached hydrogen (secondary N) is 2. The van der Waals surface area contributed by atoms with Gasteiger partial charge in [-0.3, -0.25) is 14.3 Å². The van der Waals surface area contributed by atoms with Crippen LogP contribution in [0.1, 0.15) is 37.3 Å². The molecule has 0 bridgehead atoms. The standard InChI is InChI=1S/C13H18F2N4O2/c1-19-9(8-4-2-3-5-8)6-11(18-19)17-13(21)12(20)16-7-10(14)15/h6,8,10H,2-5,7H2,1H3,(H,16,20)(H,17,18,21). The van der Waals surface area contributed by atoms with Crippen LogP contribution in [0.2, 0.25) is 0 Å². The molecule has 0 atom stereocenters. The molecule has 0 spiro atoms. The molecule has 1 heterocycles. The average Bonchev–Trinajstić information content (AvgIpc) is 3.05. The van der Waals surface area contributed by atoms with Gasteiger partial charge in [0.2, 0.25) is 0 Å². The molecule has 1 aliphatic rings. The summed E-state index contributed by atoms with van der Waals surface area (Å²) in [6.45, 7) is -0.845. The lowest BCUT2D eigenvalue weighted by Crippen LogP contribution is -2.37. The topological polar surface area (TPSA) is 76.0 Å². The lowest BCUT2D eigenvalue weighted by molar-refractivity contribution is -0.136. The number of halogens is 2. The molecule has 8 heteroatoms. The molecule has 2 N–H and O–H groups in total. The second-order valence-corrected chi connectivity index (χ2v) is 5.11. The van der Waals surface area contributed by atoms with Crippen LogP contribution in [-0.4, -0.2) is 34.6 Å². The fourth-order valence-electron chi connectivity index (χ4n) is 2.57. The summed E-state index contributed by atoms with van der Waals surface area (Å²) in [6.07, 6.45) is 1.83. The third kappa shape index (κ3) is 3.99. The Hall–Kier alpha value is -1.99. The minimum Gasteiger partial charge on any atom is -0.342 e. The molecule has 2 rings (SSSR count). The highest BCUT2D eigenvalue weighted by Crippen LogP contribution is 2.34. The molecule has 0 radical (unpaired) electrons. The molecular formula is C13H18F2N4O2. The number of carbonyl (C=O) groups is 2. The van der Waals surface area contributed by atoms with Crippen LogP contribution in [0.25, 0.3) is 0 Å². The number of anilines is 1. The van der Waals surface area contributed by atoms with Gasteiger partial charge in [-0.15, -0.1) is 0 Å². The third-order valence-corrected chi connectivity index (χ3v) is 3.55. The van der Waals surface area contributed by atoms with Gasteiger partial charge in [0.25, 0.3) is 6.43 Å². The van der Waals surface area contributed by atoms with Gasteiger partial charge in [0.05, 0.1) is 6.54 Å². The number of nitrogens with zero attached hydrogens (tertiary/aromatic N) is 2. The Bertz CT molecular complexity index is 524. The molecule has 1 saturated carbocycles. The Morgan fingerprint density at radius 1 is 1.38 bits per heavy atom. The molecule has 6 nitrogen and oxygen atoms in total. The number of hydrogen-bond donors (Lipinski definition) is 2. The summed E-state index contributed by atoms with van der Waals surface area (Å²) in [6, 6.07) is 1.73. The number of amides is 2. The van der Waals surface area contributed by atoms with Gasteiger partial charge in [0, 0.05) is 24.7 Å². The van der Waals surface area contributed by atoms with Crippen molar-refractivity contribution in [2.75, 3.05) is 11.9 Å². The van der Waals surface area contributed by atoms with Gasteiger partial charge < -0.3 is 10.6 Å². The van der Waals surface area contributed by atoms with E-state index < -0.39 is 24.8 Å². The summed E-state index contributed by atoms with van der Waals surface area (Å²) in [7, 11) is 1.78. The lowest BCUT2D eigenvalue weighted by atomic mass is 10.0. The van der Waals surface area contributed by atoms with Crippen molar-refractivity contribution in [3.8, 4) is 0 Å². The van der Waals surface area contributed by atoms with Gasteiger partial charge in [-0.05, 0) is 12.8 Å². The van der Waals surface area contributed by atoms with Gasteiger partial charge >= 0.3 is 11.8 Å². The zero-order valence-corrected chi connectivity index (χ0v) is 11.7. The molecular weight excluding hydrogens is 282 g/mol. The van der Waals surface area contributed by atoms with Gasteiger partial charge in [-0.2, -0.15) is 5.10 Å². The Balaban J connectivity index is 1.95. The summed E-state index contributed by atoms with van der Waals surface area (Å²) >= 11 is 0. The largest absolute Gasteiger partial charge is 0.342 e. The fraction of sp³-hybridized carbons (Fsp3) is 0.615. The number of aromatic nitrogens is 2. The number of aryl methyl sites for hydroxylation is 1. The lowest BCUT2D eigenvalue weighted by Gasteiger charge is -2.07. The van der Waals surface area contributed by atoms with Crippen LogP contribution < -0.4 is 10.6 Å².